The number of carbonyl (C=O) groups is 1. The van der Waals surface area contributed by atoms with Gasteiger partial charge >= 0.3 is 5.97 Å². The SMILES string of the molecule is COC(=O)C(C)Sc1nnc(-c2ccc(OC)cc2)n1C. The number of esters is 1. The fraction of sp³-hybridized carbons (Fsp3) is 0.357. The monoisotopic (exact) mass is 307 g/mol. The van der Waals surface area contributed by atoms with Gasteiger partial charge in [-0.1, -0.05) is 11.8 Å². The van der Waals surface area contributed by atoms with Crippen molar-refractivity contribution in [1.82, 2.24) is 14.8 Å². The molecule has 0 fully saturated rings. The zero-order chi connectivity index (χ0) is 15.4. The van der Waals surface area contributed by atoms with Crippen LogP contribution in [0.15, 0.2) is 29.4 Å². The summed E-state index contributed by atoms with van der Waals surface area (Å²) in [6, 6.07) is 7.57. The Morgan fingerprint density at radius 3 is 2.48 bits per heavy atom. The van der Waals surface area contributed by atoms with Crippen molar-refractivity contribution in [3.63, 3.8) is 0 Å². The molecule has 0 N–H and O–H groups in total. The molecule has 0 aliphatic heterocycles. The predicted molar refractivity (Wildman–Crippen MR) is 80.3 cm³/mol. The Morgan fingerprint density at radius 2 is 1.90 bits per heavy atom. The molecule has 0 aliphatic carbocycles. The summed E-state index contributed by atoms with van der Waals surface area (Å²) in [7, 11) is 4.87. The van der Waals surface area contributed by atoms with Gasteiger partial charge in [-0.2, -0.15) is 0 Å². The van der Waals surface area contributed by atoms with Crippen LogP contribution < -0.4 is 4.74 Å². The summed E-state index contributed by atoms with van der Waals surface area (Å²) in [4.78, 5) is 11.5. The van der Waals surface area contributed by atoms with Crippen LogP contribution >= 0.6 is 11.8 Å². The van der Waals surface area contributed by atoms with Crippen molar-refractivity contribution < 1.29 is 14.3 Å². The highest BCUT2D eigenvalue weighted by atomic mass is 32.2. The number of hydrogen-bond donors (Lipinski definition) is 0. The van der Waals surface area contributed by atoms with Crippen molar-refractivity contribution >= 4 is 17.7 Å². The number of rotatable bonds is 5. The van der Waals surface area contributed by atoms with Gasteiger partial charge in [-0.3, -0.25) is 4.79 Å². The minimum atomic E-state index is -0.332. The van der Waals surface area contributed by atoms with Crippen LogP contribution in [-0.2, 0) is 16.6 Å². The summed E-state index contributed by atoms with van der Waals surface area (Å²) in [6.45, 7) is 1.78. The molecule has 1 heterocycles. The van der Waals surface area contributed by atoms with Crippen LogP contribution in [-0.4, -0.2) is 40.2 Å². The maximum Gasteiger partial charge on any atom is 0.318 e. The molecular formula is C14H17N3O3S. The van der Waals surface area contributed by atoms with Gasteiger partial charge in [-0.05, 0) is 31.2 Å². The molecule has 0 aliphatic rings. The standard InChI is InChI=1S/C14H17N3O3S/c1-9(13(18)20-4)21-14-16-15-12(17(14)2)10-5-7-11(19-3)8-6-10/h5-9H,1-4H3. The largest absolute Gasteiger partial charge is 0.497 e. The highest BCUT2D eigenvalue weighted by Gasteiger charge is 2.19. The number of carbonyl (C=O) groups excluding carboxylic acids is 1. The van der Waals surface area contributed by atoms with Gasteiger partial charge in [-0.25, -0.2) is 0 Å². The zero-order valence-electron chi connectivity index (χ0n) is 12.4. The highest BCUT2D eigenvalue weighted by Crippen LogP contribution is 2.26. The fourth-order valence-corrected chi connectivity index (χ4v) is 2.62. The molecule has 0 spiro atoms. The molecule has 1 atom stereocenters. The Labute approximate surface area is 127 Å². The Hall–Kier alpha value is -2.02. The summed E-state index contributed by atoms with van der Waals surface area (Å²) in [5.74, 6) is 1.24. The first kappa shape index (κ1) is 15.4. The quantitative estimate of drug-likeness (QED) is 0.623. The van der Waals surface area contributed by atoms with Crippen LogP contribution in [0.4, 0.5) is 0 Å². The number of thioether (sulfide) groups is 1. The van der Waals surface area contributed by atoms with Crippen LogP contribution in [0.2, 0.25) is 0 Å². The molecule has 0 saturated heterocycles. The van der Waals surface area contributed by atoms with E-state index in [0.717, 1.165) is 17.1 Å². The Bertz CT molecular complexity index is 625. The van der Waals surface area contributed by atoms with E-state index in [0.29, 0.717) is 5.16 Å². The molecule has 7 heteroatoms. The molecular weight excluding hydrogens is 290 g/mol. The molecule has 0 radical (unpaired) electrons. The molecule has 21 heavy (non-hydrogen) atoms. The lowest BCUT2D eigenvalue weighted by molar-refractivity contribution is -0.139. The molecule has 2 aromatic rings. The van der Waals surface area contributed by atoms with Crippen LogP contribution in [0.1, 0.15) is 6.92 Å². The Balaban J connectivity index is 2.21. The number of ether oxygens (including phenoxy) is 2. The summed E-state index contributed by atoms with van der Waals surface area (Å²) in [5, 5.41) is 8.64. The van der Waals surface area contributed by atoms with Crippen molar-refractivity contribution in [2.75, 3.05) is 14.2 Å². The first-order valence-electron chi connectivity index (χ1n) is 6.35. The first-order valence-corrected chi connectivity index (χ1v) is 7.23. The maximum absolute atomic E-state index is 11.5. The normalized spacial score (nSPS) is 12.0. The van der Waals surface area contributed by atoms with E-state index in [1.165, 1.54) is 18.9 Å². The molecule has 0 amide bonds. The average Bonchev–Trinajstić information content (AvgIpc) is 2.87. The van der Waals surface area contributed by atoms with E-state index in [9.17, 15) is 4.79 Å². The van der Waals surface area contributed by atoms with E-state index in [4.69, 9.17) is 9.47 Å². The third-order valence-electron chi connectivity index (χ3n) is 3.00. The lowest BCUT2D eigenvalue weighted by Gasteiger charge is -2.08. The fourth-order valence-electron chi connectivity index (χ4n) is 1.78. The van der Waals surface area contributed by atoms with Crippen LogP contribution in [0.25, 0.3) is 11.4 Å². The van der Waals surface area contributed by atoms with E-state index < -0.39 is 0 Å². The molecule has 1 aromatic heterocycles. The van der Waals surface area contributed by atoms with E-state index >= 15 is 0 Å². The highest BCUT2D eigenvalue weighted by molar-refractivity contribution is 8.00. The van der Waals surface area contributed by atoms with Gasteiger partial charge in [0.15, 0.2) is 11.0 Å². The molecule has 6 nitrogen and oxygen atoms in total. The van der Waals surface area contributed by atoms with Crippen molar-refractivity contribution in [1.29, 1.82) is 0 Å². The van der Waals surface area contributed by atoms with Gasteiger partial charge in [0.2, 0.25) is 0 Å². The third kappa shape index (κ3) is 3.36. The summed E-state index contributed by atoms with van der Waals surface area (Å²) in [6.07, 6.45) is 0. The molecule has 1 unspecified atom stereocenters. The molecule has 2 rings (SSSR count). The number of aromatic nitrogens is 3. The van der Waals surface area contributed by atoms with E-state index in [1.807, 2.05) is 35.9 Å². The van der Waals surface area contributed by atoms with E-state index in [-0.39, 0.29) is 11.2 Å². The zero-order valence-corrected chi connectivity index (χ0v) is 13.2. The van der Waals surface area contributed by atoms with E-state index in [2.05, 4.69) is 10.2 Å². The van der Waals surface area contributed by atoms with E-state index in [1.54, 1.807) is 14.0 Å². The second kappa shape index (κ2) is 6.62. The van der Waals surface area contributed by atoms with Crippen LogP contribution in [0.3, 0.4) is 0 Å². The molecule has 0 bridgehead atoms. The summed E-state index contributed by atoms with van der Waals surface area (Å²) in [5.41, 5.74) is 0.934. The molecule has 1 aromatic carbocycles. The smallest absolute Gasteiger partial charge is 0.318 e. The van der Waals surface area contributed by atoms with Crippen LogP contribution in [0, 0.1) is 0 Å². The van der Waals surface area contributed by atoms with Crippen molar-refractivity contribution in [2.45, 2.75) is 17.3 Å². The van der Waals surface area contributed by atoms with Gasteiger partial charge in [-0.15, -0.1) is 10.2 Å². The number of nitrogens with zero attached hydrogens (tertiary/aromatic N) is 3. The maximum atomic E-state index is 11.5. The van der Waals surface area contributed by atoms with Gasteiger partial charge in [0.05, 0.1) is 14.2 Å². The minimum Gasteiger partial charge on any atom is -0.497 e. The summed E-state index contributed by atoms with van der Waals surface area (Å²) < 4.78 is 11.7. The Morgan fingerprint density at radius 1 is 1.24 bits per heavy atom. The van der Waals surface area contributed by atoms with Gasteiger partial charge in [0.25, 0.3) is 0 Å². The number of methoxy groups -OCH3 is 2. The summed E-state index contributed by atoms with van der Waals surface area (Å²) >= 11 is 1.32. The first-order chi connectivity index (χ1) is 10.1. The lowest BCUT2D eigenvalue weighted by atomic mass is 10.2. The lowest BCUT2D eigenvalue weighted by Crippen LogP contribution is -2.15. The molecule has 0 saturated carbocycles. The van der Waals surface area contributed by atoms with Gasteiger partial charge < -0.3 is 14.0 Å². The topological polar surface area (TPSA) is 66.2 Å². The predicted octanol–water partition coefficient (Wildman–Crippen LogP) is 2.14. The second-order valence-electron chi connectivity index (χ2n) is 4.38. The molecule has 112 valence electrons. The average molecular weight is 307 g/mol. The van der Waals surface area contributed by atoms with Crippen molar-refractivity contribution in [2.24, 2.45) is 7.05 Å². The van der Waals surface area contributed by atoms with Gasteiger partial charge in [0.1, 0.15) is 11.0 Å². The minimum absolute atomic E-state index is 0.283. The number of benzene rings is 1. The Kier molecular flexibility index (Phi) is 4.85. The van der Waals surface area contributed by atoms with Gasteiger partial charge in [0, 0.05) is 12.6 Å². The second-order valence-corrected chi connectivity index (χ2v) is 5.68. The van der Waals surface area contributed by atoms with Crippen LogP contribution in [0.5, 0.6) is 5.75 Å². The van der Waals surface area contributed by atoms with Crippen molar-refractivity contribution in [3.05, 3.63) is 24.3 Å². The van der Waals surface area contributed by atoms with Crippen molar-refractivity contribution in [3.8, 4) is 17.1 Å². The number of hydrogen-bond acceptors (Lipinski definition) is 6. The third-order valence-corrected chi connectivity index (χ3v) is 4.11.